The molecule has 39 heavy (non-hydrogen) atoms. The normalized spacial score (nSPS) is 16.4. The molecule has 3 aromatic carbocycles. The molecule has 0 aliphatic carbocycles. The lowest BCUT2D eigenvalue weighted by atomic mass is 9.94. The van der Waals surface area contributed by atoms with Gasteiger partial charge in [-0.25, -0.2) is 0 Å². The number of carbonyl (C=O) groups is 2. The van der Waals surface area contributed by atoms with Gasteiger partial charge < -0.3 is 29.0 Å². The minimum absolute atomic E-state index is 0.0157. The fourth-order valence-electron chi connectivity index (χ4n) is 4.71. The van der Waals surface area contributed by atoms with E-state index in [1.165, 1.54) is 19.1 Å². The number of benzene rings is 3. The zero-order chi connectivity index (χ0) is 27.9. The number of amides is 1. The summed E-state index contributed by atoms with van der Waals surface area (Å²) in [6.07, 6.45) is 0.528. The third kappa shape index (κ3) is 5.91. The third-order valence-corrected chi connectivity index (χ3v) is 6.70. The van der Waals surface area contributed by atoms with Crippen LogP contribution in [0, 0.1) is 6.92 Å². The predicted octanol–water partition coefficient (Wildman–Crippen LogP) is 5.05. The number of aryl methyl sites for hydroxylation is 1. The second-order valence-electron chi connectivity index (χ2n) is 9.21. The highest BCUT2D eigenvalue weighted by Crippen LogP contribution is 2.42. The van der Waals surface area contributed by atoms with Gasteiger partial charge in [0.2, 0.25) is 0 Å². The largest absolute Gasteiger partial charge is 0.507 e. The predicted molar refractivity (Wildman–Crippen MR) is 147 cm³/mol. The Morgan fingerprint density at radius 3 is 2.28 bits per heavy atom. The van der Waals surface area contributed by atoms with Crippen molar-refractivity contribution in [2.24, 2.45) is 0 Å². The lowest BCUT2D eigenvalue weighted by molar-refractivity contribution is -0.140. The molecule has 0 spiro atoms. The molecular weight excluding hydrogens is 498 g/mol. The molecule has 0 saturated carbocycles. The van der Waals surface area contributed by atoms with Crippen LogP contribution in [-0.2, 0) is 20.9 Å². The number of likely N-dealkylation sites (tertiary alicyclic amines) is 1. The van der Waals surface area contributed by atoms with Crippen LogP contribution < -0.4 is 14.2 Å². The van der Waals surface area contributed by atoms with Crippen LogP contribution in [0.3, 0.4) is 0 Å². The molecule has 1 aliphatic rings. The van der Waals surface area contributed by atoms with Crippen LogP contribution in [0.1, 0.15) is 34.7 Å². The summed E-state index contributed by atoms with van der Waals surface area (Å²) >= 11 is 0. The Bertz CT molecular complexity index is 1370. The van der Waals surface area contributed by atoms with E-state index in [0.29, 0.717) is 48.0 Å². The van der Waals surface area contributed by atoms with E-state index >= 15 is 0 Å². The lowest BCUT2D eigenvalue weighted by Gasteiger charge is -2.26. The van der Waals surface area contributed by atoms with Crippen molar-refractivity contribution < 1.29 is 33.6 Å². The average Bonchev–Trinajstić information content (AvgIpc) is 3.21. The molecule has 4 rings (SSSR count). The SMILES string of the molecule is COCCCN1C(=O)C(=O)/C(=C(\O)c2ccc(OCc3ccccc3)c(C)c2)C1c1ccc(OC)c(OC)c1. The van der Waals surface area contributed by atoms with Crippen molar-refractivity contribution in [1.82, 2.24) is 4.90 Å². The van der Waals surface area contributed by atoms with E-state index in [2.05, 4.69) is 0 Å². The molecule has 0 aromatic heterocycles. The summed E-state index contributed by atoms with van der Waals surface area (Å²) in [5.41, 5.74) is 2.87. The van der Waals surface area contributed by atoms with E-state index in [1.807, 2.05) is 37.3 Å². The fraction of sp³-hybridized carbons (Fsp3) is 0.290. The summed E-state index contributed by atoms with van der Waals surface area (Å²) in [6.45, 7) is 2.97. The summed E-state index contributed by atoms with van der Waals surface area (Å²) in [4.78, 5) is 27.9. The number of hydrogen-bond acceptors (Lipinski definition) is 7. The number of nitrogens with zero attached hydrogens (tertiary/aromatic N) is 1. The molecule has 8 heteroatoms. The van der Waals surface area contributed by atoms with Gasteiger partial charge in [0.1, 0.15) is 18.1 Å². The minimum atomic E-state index is -0.809. The number of ketones is 1. The average molecular weight is 532 g/mol. The zero-order valence-electron chi connectivity index (χ0n) is 22.6. The summed E-state index contributed by atoms with van der Waals surface area (Å²) < 4.78 is 21.9. The van der Waals surface area contributed by atoms with Crippen molar-refractivity contribution in [3.63, 3.8) is 0 Å². The molecule has 1 atom stereocenters. The maximum Gasteiger partial charge on any atom is 0.295 e. The van der Waals surface area contributed by atoms with Gasteiger partial charge in [0.05, 0.1) is 25.8 Å². The van der Waals surface area contributed by atoms with E-state index in [-0.39, 0.29) is 17.9 Å². The van der Waals surface area contributed by atoms with Gasteiger partial charge >= 0.3 is 0 Å². The lowest BCUT2D eigenvalue weighted by Crippen LogP contribution is -2.31. The van der Waals surface area contributed by atoms with Crippen LogP contribution in [0.2, 0.25) is 0 Å². The topological polar surface area (TPSA) is 94.5 Å². The molecule has 1 fully saturated rings. The number of carbonyl (C=O) groups excluding carboxylic acids is 2. The standard InChI is InChI=1S/C31H33NO7/c1-20-17-23(12-13-24(20)39-19-21-9-6-5-7-10-21)29(33)27-28(22-11-14-25(37-3)26(18-22)38-4)32(15-8-16-36-2)31(35)30(27)34/h5-7,9-14,17-18,28,33H,8,15-16,19H2,1-4H3/b29-27-. The van der Waals surface area contributed by atoms with Gasteiger partial charge in [0.15, 0.2) is 11.5 Å². The summed E-state index contributed by atoms with van der Waals surface area (Å²) in [6, 6.07) is 19.4. The highest BCUT2D eigenvalue weighted by Gasteiger charge is 2.46. The molecule has 1 amide bonds. The molecule has 1 aliphatic heterocycles. The second kappa shape index (κ2) is 12.5. The van der Waals surface area contributed by atoms with Crippen molar-refractivity contribution >= 4 is 17.4 Å². The summed E-state index contributed by atoms with van der Waals surface area (Å²) in [5, 5.41) is 11.4. The maximum absolute atomic E-state index is 13.3. The Morgan fingerprint density at radius 1 is 0.897 bits per heavy atom. The molecule has 0 radical (unpaired) electrons. The molecule has 0 bridgehead atoms. The van der Waals surface area contributed by atoms with Gasteiger partial charge in [-0.05, 0) is 60.4 Å². The smallest absolute Gasteiger partial charge is 0.295 e. The highest BCUT2D eigenvalue weighted by atomic mass is 16.5. The van der Waals surface area contributed by atoms with E-state index < -0.39 is 17.7 Å². The van der Waals surface area contributed by atoms with Crippen molar-refractivity contribution in [2.75, 3.05) is 34.5 Å². The first-order valence-corrected chi connectivity index (χ1v) is 12.7. The molecule has 1 unspecified atom stereocenters. The molecule has 8 nitrogen and oxygen atoms in total. The number of rotatable bonds is 11. The first kappa shape index (κ1) is 27.7. The maximum atomic E-state index is 13.3. The number of methoxy groups -OCH3 is 3. The third-order valence-electron chi connectivity index (χ3n) is 6.70. The number of ether oxygens (including phenoxy) is 4. The van der Waals surface area contributed by atoms with Crippen molar-refractivity contribution in [3.05, 3.63) is 94.6 Å². The zero-order valence-corrected chi connectivity index (χ0v) is 22.6. The summed E-state index contributed by atoms with van der Waals surface area (Å²) in [7, 11) is 4.63. The van der Waals surface area contributed by atoms with Crippen LogP contribution in [0.15, 0.2) is 72.3 Å². The monoisotopic (exact) mass is 531 g/mol. The van der Waals surface area contributed by atoms with E-state index in [4.69, 9.17) is 18.9 Å². The molecule has 3 aromatic rings. The Kier molecular flexibility index (Phi) is 8.88. The molecular formula is C31H33NO7. The Hall–Kier alpha value is -4.30. The second-order valence-corrected chi connectivity index (χ2v) is 9.21. The number of aliphatic hydroxyl groups is 1. The van der Waals surface area contributed by atoms with E-state index in [9.17, 15) is 14.7 Å². The molecule has 1 heterocycles. The fourth-order valence-corrected chi connectivity index (χ4v) is 4.71. The van der Waals surface area contributed by atoms with E-state index in [0.717, 1.165) is 11.1 Å². The molecule has 1 saturated heterocycles. The quantitative estimate of drug-likeness (QED) is 0.160. The number of Topliss-reactive ketones (excluding diaryl/α,β-unsaturated/α-hetero) is 1. The highest BCUT2D eigenvalue weighted by molar-refractivity contribution is 6.46. The van der Waals surface area contributed by atoms with Gasteiger partial charge in [-0.3, -0.25) is 9.59 Å². The first-order valence-electron chi connectivity index (χ1n) is 12.7. The van der Waals surface area contributed by atoms with Crippen molar-refractivity contribution in [1.29, 1.82) is 0 Å². The van der Waals surface area contributed by atoms with Crippen molar-refractivity contribution in [3.8, 4) is 17.2 Å². The number of aliphatic hydroxyl groups excluding tert-OH is 1. The Labute approximate surface area is 228 Å². The Balaban J connectivity index is 1.73. The molecule has 1 N–H and O–H groups in total. The van der Waals surface area contributed by atoms with Crippen LogP contribution in [0.4, 0.5) is 0 Å². The van der Waals surface area contributed by atoms with Crippen LogP contribution >= 0.6 is 0 Å². The van der Waals surface area contributed by atoms with Gasteiger partial charge in [-0.15, -0.1) is 0 Å². The van der Waals surface area contributed by atoms with Gasteiger partial charge in [-0.1, -0.05) is 36.4 Å². The van der Waals surface area contributed by atoms with Crippen LogP contribution in [0.5, 0.6) is 17.2 Å². The first-order chi connectivity index (χ1) is 18.9. The van der Waals surface area contributed by atoms with Gasteiger partial charge in [0, 0.05) is 25.8 Å². The molecule has 204 valence electrons. The van der Waals surface area contributed by atoms with Gasteiger partial charge in [-0.2, -0.15) is 0 Å². The summed E-state index contributed by atoms with van der Waals surface area (Å²) in [5.74, 6) is -0.0433. The van der Waals surface area contributed by atoms with E-state index in [1.54, 1.807) is 43.5 Å². The van der Waals surface area contributed by atoms with Gasteiger partial charge in [0.25, 0.3) is 11.7 Å². The van der Waals surface area contributed by atoms with Crippen molar-refractivity contribution in [2.45, 2.75) is 26.0 Å². The Morgan fingerprint density at radius 2 is 1.62 bits per heavy atom. The van der Waals surface area contributed by atoms with Crippen LogP contribution in [-0.4, -0.2) is 56.2 Å². The number of hydrogen-bond donors (Lipinski definition) is 1. The minimum Gasteiger partial charge on any atom is -0.507 e. The van der Waals surface area contributed by atoms with Crippen LogP contribution in [0.25, 0.3) is 5.76 Å².